The average Bonchev–Trinajstić information content (AvgIpc) is 2.98. The van der Waals surface area contributed by atoms with Crippen molar-refractivity contribution < 1.29 is 4.39 Å². The first kappa shape index (κ1) is 25.8. The fourth-order valence-corrected chi connectivity index (χ4v) is 5.22. The van der Waals surface area contributed by atoms with Crippen molar-refractivity contribution in [2.45, 2.75) is 13.5 Å². The monoisotopic (exact) mass is 556 g/mol. The second-order valence-electron chi connectivity index (χ2n) is 9.40. The van der Waals surface area contributed by atoms with E-state index < -0.39 is 0 Å². The molecule has 6 rings (SSSR count). The standard InChI is InChI=1S/C29H26ClFN8O/c1-2-39-27-19(13-22(28(39)40)21-5-3-18(14-23(21)30)25-7-8-33-17-35-25)16-34-29(37-27)36-20-4-6-26(24(31)15-20)38-11-9-32-10-12-38/h3-8,13-17,32H,2,9-12H2,1H3,(H,34,36,37). The van der Waals surface area contributed by atoms with Crippen LogP contribution in [0.3, 0.4) is 0 Å². The van der Waals surface area contributed by atoms with Crippen LogP contribution in [-0.4, -0.2) is 50.7 Å². The highest BCUT2D eigenvalue weighted by Crippen LogP contribution is 2.32. The molecule has 0 bridgehead atoms. The van der Waals surface area contributed by atoms with Crippen molar-refractivity contribution in [3.05, 3.63) is 88.4 Å². The Morgan fingerprint density at radius 2 is 1.90 bits per heavy atom. The fraction of sp³-hybridized carbons (Fsp3) is 0.207. The number of anilines is 3. The summed E-state index contributed by atoms with van der Waals surface area (Å²) in [5.41, 5.74) is 3.96. The highest BCUT2D eigenvalue weighted by Gasteiger charge is 2.17. The van der Waals surface area contributed by atoms with E-state index in [0.717, 1.165) is 37.4 Å². The van der Waals surface area contributed by atoms with Crippen molar-refractivity contribution in [2.24, 2.45) is 0 Å². The minimum Gasteiger partial charge on any atom is -0.367 e. The van der Waals surface area contributed by atoms with Gasteiger partial charge in [-0.25, -0.2) is 19.3 Å². The minimum absolute atomic E-state index is 0.220. The number of nitrogens with one attached hydrogen (secondary N) is 2. The van der Waals surface area contributed by atoms with Gasteiger partial charge in [0.25, 0.3) is 5.56 Å². The highest BCUT2D eigenvalue weighted by molar-refractivity contribution is 6.33. The number of aromatic nitrogens is 5. The van der Waals surface area contributed by atoms with E-state index in [-0.39, 0.29) is 17.3 Å². The number of rotatable bonds is 6. The second kappa shape index (κ2) is 11.0. The van der Waals surface area contributed by atoms with Gasteiger partial charge in [-0.1, -0.05) is 23.7 Å². The molecule has 0 aliphatic carbocycles. The van der Waals surface area contributed by atoms with E-state index >= 15 is 0 Å². The number of hydrogen-bond acceptors (Lipinski definition) is 8. The molecular weight excluding hydrogens is 531 g/mol. The summed E-state index contributed by atoms with van der Waals surface area (Å²) < 4.78 is 16.5. The number of piperazine rings is 1. The number of fused-ring (bicyclic) bond motifs is 1. The van der Waals surface area contributed by atoms with Gasteiger partial charge in [0.15, 0.2) is 0 Å². The lowest BCUT2D eigenvalue weighted by molar-refractivity contribution is 0.566. The maximum Gasteiger partial charge on any atom is 0.260 e. The van der Waals surface area contributed by atoms with Crippen LogP contribution in [0, 0.1) is 5.82 Å². The molecule has 0 atom stereocenters. The molecular formula is C29H26ClFN8O. The molecule has 9 nitrogen and oxygen atoms in total. The molecule has 0 spiro atoms. The Kier molecular flexibility index (Phi) is 7.10. The lowest BCUT2D eigenvalue weighted by atomic mass is 10.0. The Labute approximate surface area is 234 Å². The van der Waals surface area contributed by atoms with Gasteiger partial charge in [-0.2, -0.15) is 4.98 Å². The van der Waals surface area contributed by atoms with E-state index in [1.165, 1.54) is 12.4 Å². The Hall–Kier alpha value is -4.41. The van der Waals surface area contributed by atoms with Crippen LogP contribution in [0.1, 0.15) is 6.92 Å². The van der Waals surface area contributed by atoms with Crippen LogP contribution in [0.4, 0.5) is 21.7 Å². The maximum absolute atomic E-state index is 14.9. The first-order valence-corrected chi connectivity index (χ1v) is 13.4. The van der Waals surface area contributed by atoms with Crippen LogP contribution in [0.2, 0.25) is 5.02 Å². The Morgan fingerprint density at radius 1 is 1.05 bits per heavy atom. The fourth-order valence-electron chi connectivity index (χ4n) is 4.94. The largest absolute Gasteiger partial charge is 0.367 e. The maximum atomic E-state index is 14.9. The molecule has 3 aromatic heterocycles. The molecule has 2 N–H and O–H groups in total. The summed E-state index contributed by atoms with van der Waals surface area (Å²) in [5.74, 6) is -0.0474. The van der Waals surface area contributed by atoms with Crippen LogP contribution < -0.4 is 21.1 Å². The summed E-state index contributed by atoms with van der Waals surface area (Å²) in [6, 6.07) is 14.0. The lowest BCUT2D eigenvalue weighted by Gasteiger charge is -2.29. The zero-order valence-electron chi connectivity index (χ0n) is 21.7. The number of hydrogen-bond donors (Lipinski definition) is 2. The lowest BCUT2D eigenvalue weighted by Crippen LogP contribution is -2.43. The predicted octanol–water partition coefficient (Wildman–Crippen LogP) is 4.88. The Bertz CT molecular complexity index is 1760. The number of pyridine rings is 1. The number of benzene rings is 2. The summed E-state index contributed by atoms with van der Waals surface area (Å²) >= 11 is 6.65. The van der Waals surface area contributed by atoms with Crippen molar-refractivity contribution in [2.75, 3.05) is 36.4 Å². The quantitative estimate of drug-likeness (QED) is 0.305. The summed E-state index contributed by atoms with van der Waals surface area (Å²) in [7, 11) is 0. The smallest absolute Gasteiger partial charge is 0.260 e. The molecule has 1 aliphatic rings. The molecule has 0 unspecified atom stereocenters. The van der Waals surface area contributed by atoms with Gasteiger partial charge < -0.3 is 15.5 Å². The van der Waals surface area contributed by atoms with E-state index in [1.54, 1.807) is 47.3 Å². The first-order valence-electron chi connectivity index (χ1n) is 13.0. The van der Waals surface area contributed by atoms with Crippen molar-refractivity contribution in [1.29, 1.82) is 0 Å². The van der Waals surface area contributed by atoms with Gasteiger partial charge in [0.2, 0.25) is 5.95 Å². The van der Waals surface area contributed by atoms with E-state index in [0.29, 0.717) is 45.1 Å². The van der Waals surface area contributed by atoms with Gasteiger partial charge in [-0.3, -0.25) is 9.36 Å². The van der Waals surface area contributed by atoms with Crippen molar-refractivity contribution in [3.8, 4) is 22.4 Å². The molecule has 4 heterocycles. The zero-order chi connectivity index (χ0) is 27.6. The normalized spacial score (nSPS) is 13.5. The Balaban J connectivity index is 1.32. The molecule has 2 aromatic carbocycles. The summed E-state index contributed by atoms with van der Waals surface area (Å²) in [4.78, 5) is 32.8. The van der Waals surface area contributed by atoms with E-state index in [4.69, 9.17) is 11.6 Å². The predicted molar refractivity (Wildman–Crippen MR) is 156 cm³/mol. The van der Waals surface area contributed by atoms with Gasteiger partial charge in [0.1, 0.15) is 17.8 Å². The molecule has 40 heavy (non-hydrogen) atoms. The number of nitrogens with zero attached hydrogens (tertiary/aromatic N) is 6. The zero-order valence-corrected chi connectivity index (χ0v) is 22.5. The van der Waals surface area contributed by atoms with Gasteiger partial charge in [0, 0.05) is 77.9 Å². The van der Waals surface area contributed by atoms with Gasteiger partial charge in [-0.15, -0.1) is 0 Å². The SMILES string of the molecule is CCn1c(=O)c(-c2ccc(-c3ccncn3)cc2Cl)cc2cnc(Nc3ccc(N4CCNCC4)c(F)c3)nc21. The molecule has 0 amide bonds. The molecule has 0 saturated carbocycles. The number of aryl methyl sites for hydroxylation is 1. The molecule has 1 fully saturated rings. The summed E-state index contributed by atoms with van der Waals surface area (Å²) in [6.45, 7) is 5.43. The molecule has 1 aliphatic heterocycles. The van der Waals surface area contributed by atoms with Gasteiger partial charge >= 0.3 is 0 Å². The van der Waals surface area contributed by atoms with E-state index in [1.807, 2.05) is 24.0 Å². The topological polar surface area (TPSA) is 101 Å². The molecule has 1 saturated heterocycles. The van der Waals surface area contributed by atoms with Crippen LogP contribution >= 0.6 is 11.6 Å². The third-order valence-electron chi connectivity index (χ3n) is 6.94. The molecule has 5 aromatic rings. The third kappa shape index (κ3) is 4.99. The van der Waals surface area contributed by atoms with Gasteiger partial charge in [0.05, 0.1) is 11.4 Å². The highest BCUT2D eigenvalue weighted by atomic mass is 35.5. The Morgan fingerprint density at radius 3 is 2.62 bits per heavy atom. The van der Waals surface area contributed by atoms with Crippen LogP contribution in [0.5, 0.6) is 0 Å². The van der Waals surface area contributed by atoms with E-state index in [9.17, 15) is 9.18 Å². The van der Waals surface area contributed by atoms with E-state index in [2.05, 4.69) is 30.6 Å². The summed E-state index contributed by atoms with van der Waals surface area (Å²) in [6.07, 6.45) is 4.78. The summed E-state index contributed by atoms with van der Waals surface area (Å²) in [5, 5.41) is 7.46. The molecule has 11 heteroatoms. The average molecular weight is 557 g/mol. The minimum atomic E-state index is -0.314. The second-order valence-corrected chi connectivity index (χ2v) is 9.80. The van der Waals surface area contributed by atoms with Crippen molar-refractivity contribution in [1.82, 2.24) is 29.8 Å². The van der Waals surface area contributed by atoms with Crippen molar-refractivity contribution in [3.63, 3.8) is 0 Å². The molecule has 202 valence electrons. The van der Waals surface area contributed by atoms with Crippen LogP contribution in [0.25, 0.3) is 33.4 Å². The number of halogens is 2. The van der Waals surface area contributed by atoms with Crippen LogP contribution in [0.15, 0.2) is 72.0 Å². The van der Waals surface area contributed by atoms with Gasteiger partial charge in [-0.05, 0) is 43.3 Å². The molecule has 0 radical (unpaired) electrons. The van der Waals surface area contributed by atoms with Crippen molar-refractivity contribution >= 4 is 40.0 Å². The third-order valence-corrected chi connectivity index (χ3v) is 7.25. The van der Waals surface area contributed by atoms with Crippen LogP contribution in [-0.2, 0) is 6.54 Å². The first-order chi connectivity index (χ1) is 19.5.